The second-order valence-corrected chi connectivity index (χ2v) is 7.40. The number of halogens is 1. The molecule has 0 spiro atoms. The number of epoxide rings is 1. The third-order valence-electron chi connectivity index (χ3n) is 4.67. The van der Waals surface area contributed by atoms with E-state index in [0.717, 1.165) is 6.07 Å². The lowest BCUT2D eigenvalue weighted by molar-refractivity contribution is -0.145. The maximum absolute atomic E-state index is 12.8. The number of benzene rings is 1. The molecular formula is C21H22ClNO8. The maximum atomic E-state index is 12.8. The van der Waals surface area contributed by atoms with Crippen LogP contribution in [0.1, 0.15) is 29.3 Å². The fourth-order valence-corrected chi connectivity index (χ4v) is 3.30. The maximum Gasteiger partial charge on any atom is 0.346 e. The number of phenolic OH excluding ortho intramolecular Hbond substituents is 2. The number of hydrogen-bond donors (Lipinski definition) is 2. The highest BCUT2D eigenvalue weighted by Crippen LogP contribution is 2.38. The summed E-state index contributed by atoms with van der Waals surface area (Å²) in [5.41, 5.74) is 0.167. The van der Waals surface area contributed by atoms with Crippen molar-refractivity contribution in [1.82, 2.24) is 0 Å². The molecule has 1 fully saturated rings. The van der Waals surface area contributed by atoms with Crippen LogP contribution >= 0.6 is 11.6 Å². The number of oxime groups is 1. The van der Waals surface area contributed by atoms with Gasteiger partial charge in [-0.1, -0.05) is 35.0 Å². The normalized spacial score (nSPS) is 26.6. The summed E-state index contributed by atoms with van der Waals surface area (Å²) in [4.78, 5) is 29.1. The van der Waals surface area contributed by atoms with E-state index in [4.69, 9.17) is 25.9 Å². The molecule has 1 aromatic rings. The zero-order valence-corrected chi connectivity index (χ0v) is 17.7. The van der Waals surface area contributed by atoms with Gasteiger partial charge in [0.15, 0.2) is 0 Å². The van der Waals surface area contributed by atoms with Gasteiger partial charge in [-0.05, 0) is 18.6 Å². The summed E-state index contributed by atoms with van der Waals surface area (Å²) in [6.45, 7) is 1.30. The average molecular weight is 452 g/mol. The molecule has 2 heterocycles. The van der Waals surface area contributed by atoms with Gasteiger partial charge in [-0.2, -0.15) is 0 Å². The quantitative estimate of drug-likeness (QED) is 0.408. The van der Waals surface area contributed by atoms with E-state index in [0.29, 0.717) is 6.42 Å². The molecule has 0 saturated carbocycles. The van der Waals surface area contributed by atoms with E-state index < -0.39 is 36.1 Å². The third kappa shape index (κ3) is 5.77. The van der Waals surface area contributed by atoms with Crippen molar-refractivity contribution in [3.05, 3.63) is 46.5 Å². The number of aromatic hydroxyl groups is 2. The second kappa shape index (κ2) is 9.84. The van der Waals surface area contributed by atoms with Gasteiger partial charge in [0, 0.05) is 18.9 Å². The first kappa shape index (κ1) is 22.6. The van der Waals surface area contributed by atoms with Gasteiger partial charge in [0.1, 0.15) is 29.3 Å². The Bertz CT molecular complexity index is 955. The standard InChI is InChI=1S/C21H22ClNO8/c1-11-7-17-16(31-17)6-4-3-5-12(23-29-10-18(26)28-2)8-13-19(21(27)30-11)14(24)9-15(25)20(13)22/h3-6,9,11,16-17,24-25H,7-8,10H2,1-2H3/b5-3+,6-4-,23-12?/t11-,16-,17-/m1/s1. The topological polar surface area (TPSA) is 127 Å². The van der Waals surface area contributed by atoms with E-state index in [1.54, 1.807) is 25.2 Å². The average Bonchev–Trinajstić information content (AvgIpc) is 3.45. The first-order chi connectivity index (χ1) is 14.8. The van der Waals surface area contributed by atoms with Crippen LogP contribution in [0, 0.1) is 0 Å². The molecule has 0 aliphatic carbocycles. The molecule has 0 bridgehead atoms. The number of rotatable bonds is 3. The van der Waals surface area contributed by atoms with Crippen LogP contribution in [0.3, 0.4) is 0 Å². The molecule has 1 aromatic carbocycles. The Kier molecular flexibility index (Phi) is 7.19. The molecule has 2 aliphatic rings. The van der Waals surface area contributed by atoms with E-state index >= 15 is 0 Å². The number of esters is 2. The number of fused-ring (bicyclic) bond motifs is 2. The minimum absolute atomic E-state index is 0.0802. The molecule has 0 aromatic heterocycles. The lowest BCUT2D eigenvalue weighted by atomic mass is 9.99. The number of carbonyl (C=O) groups excluding carboxylic acids is 2. The first-order valence-corrected chi connectivity index (χ1v) is 9.88. The summed E-state index contributed by atoms with van der Waals surface area (Å²) in [5.74, 6) is -2.32. The summed E-state index contributed by atoms with van der Waals surface area (Å²) in [6, 6.07) is 0.972. The van der Waals surface area contributed by atoms with Crippen LogP contribution in [0.5, 0.6) is 11.5 Å². The Morgan fingerprint density at radius 1 is 1.32 bits per heavy atom. The van der Waals surface area contributed by atoms with Gasteiger partial charge in [-0.15, -0.1) is 0 Å². The van der Waals surface area contributed by atoms with Gasteiger partial charge >= 0.3 is 11.9 Å². The lowest BCUT2D eigenvalue weighted by Crippen LogP contribution is -2.20. The van der Waals surface area contributed by atoms with Crippen LogP contribution in [-0.2, 0) is 30.3 Å². The van der Waals surface area contributed by atoms with Crippen molar-refractivity contribution in [2.75, 3.05) is 13.7 Å². The molecule has 3 rings (SSSR count). The van der Waals surface area contributed by atoms with Crippen molar-refractivity contribution in [1.29, 1.82) is 0 Å². The molecule has 0 unspecified atom stereocenters. The smallest absolute Gasteiger partial charge is 0.346 e. The number of phenols is 2. The summed E-state index contributed by atoms with van der Waals surface area (Å²) in [6.07, 6.45) is 6.62. The summed E-state index contributed by atoms with van der Waals surface area (Å²) >= 11 is 6.24. The van der Waals surface area contributed by atoms with Gasteiger partial charge < -0.3 is 29.3 Å². The zero-order valence-electron chi connectivity index (χ0n) is 16.9. The van der Waals surface area contributed by atoms with E-state index in [9.17, 15) is 19.8 Å². The highest BCUT2D eigenvalue weighted by molar-refractivity contribution is 6.33. The van der Waals surface area contributed by atoms with Gasteiger partial charge in [0.05, 0.1) is 23.9 Å². The highest BCUT2D eigenvalue weighted by atomic mass is 35.5. The summed E-state index contributed by atoms with van der Waals surface area (Å²) in [5, 5.41) is 24.2. The molecular weight excluding hydrogens is 430 g/mol. The van der Waals surface area contributed by atoms with E-state index in [-0.39, 0.29) is 40.5 Å². The van der Waals surface area contributed by atoms with Gasteiger partial charge in [-0.25, -0.2) is 9.59 Å². The van der Waals surface area contributed by atoms with Crippen LogP contribution in [0.4, 0.5) is 0 Å². The second-order valence-electron chi connectivity index (χ2n) is 7.03. The van der Waals surface area contributed by atoms with Crippen molar-refractivity contribution in [2.24, 2.45) is 5.16 Å². The SMILES string of the molecule is COC(=O)CON=C1/C=C/C=C\[C@H]2O[C@@H]2C[C@@H](C)OC(=O)c2c(O)cc(O)c(Cl)c2C1. The van der Waals surface area contributed by atoms with E-state index in [1.807, 2.05) is 6.08 Å². The molecule has 0 amide bonds. The first-order valence-electron chi connectivity index (χ1n) is 9.50. The van der Waals surface area contributed by atoms with Crippen molar-refractivity contribution in [2.45, 2.75) is 38.1 Å². The minimum atomic E-state index is -0.800. The Hall–Kier alpha value is -3.04. The Balaban J connectivity index is 2.00. The molecule has 2 N–H and O–H groups in total. The molecule has 1 saturated heterocycles. The largest absolute Gasteiger partial charge is 0.507 e. The Morgan fingerprint density at radius 2 is 2.10 bits per heavy atom. The van der Waals surface area contributed by atoms with E-state index in [2.05, 4.69) is 9.89 Å². The van der Waals surface area contributed by atoms with Crippen molar-refractivity contribution < 1.29 is 38.9 Å². The Labute approximate surface area is 183 Å². The van der Waals surface area contributed by atoms with Crippen LogP contribution in [0.15, 0.2) is 35.5 Å². The number of hydrogen-bond acceptors (Lipinski definition) is 9. The third-order valence-corrected chi connectivity index (χ3v) is 5.09. The number of cyclic esters (lactones) is 1. The summed E-state index contributed by atoms with van der Waals surface area (Å²) in [7, 11) is 1.21. The number of nitrogens with zero attached hydrogens (tertiary/aromatic N) is 1. The zero-order chi connectivity index (χ0) is 22.5. The number of methoxy groups -OCH3 is 1. The number of allylic oxidation sites excluding steroid dienone is 3. The van der Waals surface area contributed by atoms with Gasteiger partial charge in [-0.3, -0.25) is 0 Å². The monoisotopic (exact) mass is 451 g/mol. The molecule has 31 heavy (non-hydrogen) atoms. The van der Waals surface area contributed by atoms with Crippen molar-refractivity contribution in [3.63, 3.8) is 0 Å². The van der Waals surface area contributed by atoms with Crippen molar-refractivity contribution in [3.8, 4) is 11.5 Å². The number of carbonyl (C=O) groups is 2. The van der Waals surface area contributed by atoms with Gasteiger partial charge in [0.2, 0.25) is 6.61 Å². The van der Waals surface area contributed by atoms with Crippen LogP contribution in [-0.4, -0.2) is 59.9 Å². The molecule has 0 radical (unpaired) electrons. The molecule has 166 valence electrons. The van der Waals surface area contributed by atoms with Crippen LogP contribution in [0.2, 0.25) is 5.02 Å². The van der Waals surface area contributed by atoms with Gasteiger partial charge in [0.25, 0.3) is 0 Å². The Morgan fingerprint density at radius 3 is 2.84 bits per heavy atom. The number of ether oxygens (including phenoxy) is 3. The fraction of sp³-hybridized carbons (Fsp3) is 0.381. The highest BCUT2D eigenvalue weighted by Gasteiger charge is 2.38. The van der Waals surface area contributed by atoms with Crippen molar-refractivity contribution >= 4 is 29.3 Å². The summed E-state index contributed by atoms with van der Waals surface area (Å²) < 4.78 is 15.5. The van der Waals surface area contributed by atoms with Crippen LogP contribution in [0.25, 0.3) is 0 Å². The van der Waals surface area contributed by atoms with E-state index in [1.165, 1.54) is 7.11 Å². The van der Waals surface area contributed by atoms with Crippen LogP contribution < -0.4 is 0 Å². The molecule has 10 heteroatoms. The predicted octanol–water partition coefficient (Wildman–Crippen LogP) is 2.67. The minimum Gasteiger partial charge on any atom is -0.507 e. The molecule has 3 atom stereocenters. The lowest BCUT2D eigenvalue weighted by Gasteiger charge is -2.17. The predicted molar refractivity (Wildman–Crippen MR) is 110 cm³/mol. The molecule has 2 aliphatic heterocycles. The molecule has 9 nitrogen and oxygen atoms in total. The fourth-order valence-electron chi connectivity index (χ4n) is 3.08.